The molecular formula is C17H22N4O3S. The van der Waals surface area contributed by atoms with Crippen LogP contribution >= 0.6 is 0 Å². The summed E-state index contributed by atoms with van der Waals surface area (Å²) in [5.41, 5.74) is 1.65. The van der Waals surface area contributed by atoms with E-state index in [2.05, 4.69) is 5.10 Å². The van der Waals surface area contributed by atoms with Gasteiger partial charge in [-0.15, -0.1) is 0 Å². The molecule has 0 bridgehead atoms. The molecular weight excluding hydrogens is 340 g/mol. The van der Waals surface area contributed by atoms with Crippen LogP contribution in [0.25, 0.3) is 0 Å². The highest BCUT2D eigenvalue weighted by molar-refractivity contribution is 7.89. The van der Waals surface area contributed by atoms with Crippen molar-refractivity contribution < 1.29 is 13.2 Å². The molecule has 0 atom stereocenters. The Morgan fingerprint density at radius 2 is 1.92 bits per heavy atom. The maximum Gasteiger partial charge on any atom is 0.246 e. The second-order valence-electron chi connectivity index (χ2n) is 5.63. The molecule has 2 rings (SSSR count). The molecule has 0 amide bonds. The fraction of sp³-hybridized carbons (Fsp3) is 0.412. The van der Waals surface area contributed by atoms with Crippen molar-refractivity contribution >= 4 is 10.0 Å². The lowest BCUT2D eigenvalue weighted by Crippen LogP contribution is -2.27. The number of ether oxygens (including phenoxy) is 1. The maximum atomic E-state index is 12.6. The summed E-state index contributed by atoms with van der Waals surface area (Å²) in [6.07, 6.45) is 0. The van der Waals surface area contributed by atoms with Crippen molar-refractivity contribution in [1.82, 2.24) is 14.1 Å². The van der Waals surface area contributed by atoms with Crippen LogP contribution < -0.4 is 4.74 Å². The van der Waals surface area contributed by atoms with Gasteiger partial charge in [-0.05, 0) is 38.1 Å². The van der Waals surface area contributed by atoms with Crippen LogP contribution in [0.1, 0.15) is 23.9 Å². The van der Waals surface area contributed by atoms with E-state index in [0.717, 1.165) is 0 Å². The van der Waals surface area contributed by atoms with E-state index >= 15 is 0 Å². The summed E-state index contributed by atoms with van der Waals surface area (Å²) in [6.45, 7) is 6.40. The van der Waals surface area contributed by atoms with Crippen molar-refractivity contribution in [3.63, 3.8) is 0 Å². The molecule has 0 N–H and O–H groups in total. The third-order valence-corrected chi connectivity index (χ3v) is 6.17. The second-order valence-corrected chi connectivity index (χ2v) is 7.61. The molecule has 0 aliphatic rings. The van der Waals surface area contributed by atoms with Gasteiger partial charge in [0.05, 0.1) is 29.6 Å². The predicted octanol–water partition coefficient (Wildman–Crippen LogP) is 2.09. The fourth-order valence-electron chi connectivity index (χ4n) is 2.47. The molecule has 0 saturated heterocycles. The highest BCUT2D eigenvalue weighted by atomic mass is 32.2. The Kier molecular flexibility index (Phi) is 5.82. The van der Waals surface area contributed by atoms with E-state index in [-0.39, 0.29) is 4.90 Å². The summed E-state index contributed by atoms with van der Waals surface area (Å²) in [5.74, 6) is 0.652. The lowest BCUT2D eigenvalue weighted by Gasteiger charge is -2.15. The smallest absolute Gasteiger partial charge is 0.246 e. The van der Waals surface area contributed by atoms with Gasteiger partial charge in [0.2, 0.25) is 10.0 Å². The Morgan fingerprint density at radius 1 is 1.28 bits per heavy atom. The Balaban J connectivity index is 2.11. The molecule has 0 aliphatic heterocycles. The van der Waals surface area contributed by atoms with Gasteiger partial charge in [0.1, 0.15) is 17.3 Å². The number of hydrogen-bond donors (Lipinski definition) is 0. The molecule has 134 valence electrons. The average molecular weight is 362 g/mol. The van der Waals surface area contributed by atoms with E-state index in [1.807, 2.05) is 6.07 Å². The zero-order valence-electron chi connectivity index (χ0n) is 14.9. The summed E-state index contributed by atoms with van der Waals surface area (Å²) in [6, 6.07) is 8.87. The Labute approximate surface area is 148 Å². The van der Waals surface area contributed by atoms with Crippen molar-refractivity contribution in [3.05, 3.63) is 41.2 Å². The zero-order valence-corrected chi connectivity index (χ0v) is 15.7. The number of nitrogens with zero attached hydrogens (tertiary/aromatic N) is 4. The lowest BCUT2D eigenvalue weighted by atomic mass is 10.2. The van der Waals surface area contributed by atoms with Crippen molar-refractivity contribution in [2.45, 2.75) is 32.2 Å². The van der Waals surface area contributed by atoms with E-state index in [1.54, 1.807) is 56.8 Å². The minimum Gasteiger partial charge on any atom is -0.492 e. The minimum absolute atomic E-state index is 0.259. The molecule has 0 unspecified atom stereocenters. The van der Waals surface area contributed by atoms with Gasteiger partial charge < -0.3 is 4.74 Å². The molecule has 0 saturated carbocycles. The van der Waals surface area contributed by atoms with Gasteiger partial charge >= 0.3 is 0 Å². The third kappa shape index (κ3) is 4.00. The molecule has 1 aromatic carbocycles. The van der Waals surface area contributed by atoms with Gasteiger partial charge in [-0.2, -0.15) is 10.4 Å². The molecule has 1 aromatic heterocycles. The molecule has 0 spiro atoms. The van der Waals surface area contributed by atoms with Crippen LogP contribution in [0.4, 0.5) is 0 Å². The van der Waals surface area contributed by atoms with Gasteiger partial charge in [0.15, 0.2) is 0 Å². The van der Waals surface area contributed by atoms with Gasteiger partial charge in [-0.25, -0.2) is 12.7 Å². The monoisotopic (exact) mass is 362 g/mol. The first-order valence-corrected chi connectivity index (χ1v) is 9.38. The van der Waals surface area contributed by atoms with E-state index in [1.165, 1.54) is 4.31 Å². The summed E-state index contributed by atoms with van der Waals surface area (Å²) in [4.78, 5) is 0.259. The summed E-state index contributed by atoms with van der Waals surface area (Å²) < 4.78 is 33.8. The number of hydrogen-bond acceptors (Lipinski definition) is 5. The quantitative estimate of drug-likeness (QED) is 0.752. The van der Waals surface area contributed by atoms with Gasteiger partial charge in [0, 0.05) is 13.6 Å². The summed E-state index contributed by atoms with van der Waals surface area (Å²) in [5, 5.41) is 13.1. The Hall–Kier alpha value is -2.37. The Bertz CT molecular complexity index is 880. The highest BCUT2D eigenvalue weighted by Gasteiger charge is 2.27. The van der Waals surface area contributed by atoms with E-state index in [4.69, 9.17) is 10.00 Å². The molecule has 1 heterocycles. The Morgan fingerprint density at radius 3 is 2.48 bits per heavy atom. The number of aromatic nitrogens is 2. The number of aryl methyl sites for hydroxylation is 1. The molecule has 25 heavy (non-hydrogen) atoms. The van der Waals surface area contributed by atoms with Gasteiger partial charge in [-0.1, -0.05) is 6.92 Å². The number of nitriles is 1. The first-order valence-electron chi connectivity index (χ1n) is 7.94. The number of benzene rings is 1. The van der Waals surface area contributed by atoms with Gasteiger partial charge in [-0.3, -0.25) is 4.68 Å². The van der Waals surface area contributed by atoms with E-state index in [0.29, 0.717) is 42.4 Å². The standard InChI is InChI=1S/C17H22N4O3S/c1-5-20(4)25(22,23)17-13(2)19-21(14(17)3)10-11-24-16-8-6-15(12-18)7-9-16/h6-9H,5,10-11H2,1-4H3. The van der Waals surface area contributed by atoms with Crippen molar-refractivity contribution in [1.29, 1.82) is 5.26 Å². The fourth-order valence-corrected chi connectivity index (χ4v) is 4.02. The highest BCUT2D eigenvalue weighted by Crippen LogP contribution is 2.22. The van der Waals surface area contributed by atoms with Crippen LogP contribution in [0.15, 0.2) is 29.2 Å². The predicted molar refractivity (Wildman–Crippen MR) is 93.8 cm³/mol. The molecule has 8 heteroatoms. The molecule has 7 nitrogen and oxygen atoms in total. The molecule has 0 radical (unpaired) electrons. The van der Waals surface area contributed by atoms with Crippen LogP contribution in [0, 0.1) is 25.2 Å². The van der Waals surface area contributed by atoms with Crippen LogP contribution in [0.5, 0.6) is 5.75 Å². The second kappa shape index (κ2) is 7.68. The first-order chi connectivity index (χ1) is 11.8. The maximum absolute atomic E-state index is 12.6. The van der Waals surface area contributed by atoms with Crippen molar-refractivity contribution in [2.24, 2.45) is 0 Å². The largest absolute Gasteiger partial charge is 0.492 e. The first kappa shape index (κ1) is 19.0. The number of rotatable bonds is 7. The normalized spacial score (nSPS) is 11.5. The lowest BCUT2D eigenvalue weighted by molar-refractivity contribution is 0.289. The minimum atomic E-state index is -3.54. The number of sulfonamides is 1. The van der Waals surface area contributed by atoms with E-state index in [9.17, 15) is 8.42 Å². The van der Waals surface area contributed by atoms with Gasteiger partial charge in [0.25, 0.3) is 0 Å². The average Bonchev–Trinajstić information content (AvgIpc) is 2.89. The summed E-state index contributed by atoms with van der Waals surface area (Å²) in [7, 11) is -1.98. The van der Waals surface area contributed by atoms with Crippen LogP contribution in [-0.4, -0.2) is 42.7 Å². The SMILES string of the molecule is CCN(C)S(=O)(=O)c1c(C)nn(CCOc2ccc(C#N)cc2)c1C. The molecule has 0 aliphatic carbocycles. The van der Waals surface area contributed by atoms with E-state index < -0.39 is 10.0 Å². The van der Waals surface area contributed by atoms with Crippen molar-refractivity contribution in [2.75, 3.05) is 20.2 Å². The van der Waals surface area contributed by atoms with Crippen molar-refractivity contribution in [3.8, 4) is 11.8 Å². The summed E-state index contributed by atoms with van der Waals surface area (Å²) >= 11 is 0. The zero-order chi connectivity index (χ0) is 18.6. The topological polar surface area (TPSA) is 88.2 Å². The third-order valence-electron chi connectivity index (χ3n) is 3.98. The van der Waals surface area contributed by atoms with Crippen LogP contribution in [0.2, 0.25) is 0 Å². The van der Waals surface area contributed by atoms with Crippen LogP contribution in [-0.2, 0) is 16.6 Å². The molecule has 0 fully saturated rings. The molecule has 2 aromatic rings. The van der Waals surface area contributed by atoms with Crippen LogP contribution in [0.3, 0.4) is 0 Å².